The smallest absolute Gasteiger partial charge is 0.294 e. The van der Waals surface area contributed by atoms with Crippen LogP contribution in [0, 0.1) is 10.1 Å². The Balaban J connectivity index is -0.000000358. The molecule has 1 N–H and O–H groups in total. The van der Waals surface area contributed by atoms with E-state index in [0.29, 0.717) is 18.5 Å². The largest absolute Gasteiger partial charge is 0.707 e. The van der Waals surface area contributed by atoms with E-state index in [2.05, 4.69) is 142 Å². The molecule has 220 valence electrons. The van der Waals surface area contributed by atoms with Gasteiger partial charge in [-0.2, -0.15) is 0 Å². The third-order valence-electron chi connectivity index (χ3n) is 4.30. The van der Waals surface area contributed by atoms with Crippen molar-refractivity contribution in [2.75, 3.05) is 56.4 Å². The molecule has 37 heavy (non-hydrogen) atoms. The second-order valence-electron chi connectivity index (χ2n) is 6.69. The second kappa shape index (κ2) is 30.0. The van der Waals surface area contributed by atoms with Crippen molar-refractivity contribution in [2.45, 2.75) is 20.3 Å². The summed E-state index contributed by atoms with van der Waals surface area (Å²) in [6.07, 6.45) is 5.72. The minimum absolute atomic E-state index is 0. The van der Waals surface area contributed by atoms with Crippen molar-refractivity contribution in [3.05, 3.63) is 40.7 Å². The van der Waals surface area contributed by atoms with Gasteiger partial charge in [0, 0.05) is 169 Å². The molecule has 2 rings (SSSR count). The van der Waals surface area contributed by atoms with Crippen molar-refractivity contribution >= 4 is 163 Å². The van der Waals surface area contributed by atoms with Gasteiger partial charge in [-0.15, -0.1) is 24.0 Å². The zero-order chi connectivity index (χ0) is 28.7. The molecule has 0 atom stereocenters. The number of hydrogen-bond donors (Lipinski definition) is 1. The van der Waals surface area contributed by atoms with Crippen LogP contribution in [0.5, 0.6) is 0 Å². The summed E-state index contributed by atoms with van der Waals surface area (Å²) in [7, 11) is -1.68. The molecular weight excluding hydrogens is 1300 g/mol. The highest BCUT2D eigenvalue weighted by atomic mass is 128. The molecule has 1 aliphatic rings. The van der Waals surface area contributed by atoms with Crippen molar-refractivity contribution < 1.29 is 22.9 Å². The van der Waals surface area contributed by atoms with Crippen LogP contribution in [-0.2, 0) is 14.5 Å². The Morgan fingerprint density at radius 3 is 2.00 bits per heavy atom. The molecule has 0 spiro atoms. The monoisotopic (exact) mass is 1330 g/mol. The molecule has 0 saturated carbocycles. The highest BCUT2D eigenvalue weighted by molar-refractivity contribution is 15.0. The van der Waals surface area contributed by atoms with Crippen LogP contribution < -0.4 is 15.5 Å². The lowest BCUT2D eigenvalue weighted by Crippen LogP contribution is -2.24. The summed E-state index contributed by atoms with van der Waals surface area (Å²) in [4.78, 5) is 17.5. The molecule has 19 heteroatoms. The van der Waals surface area contributed by atoms with Crippen LogP contribution in [0.1, 0.15) is 20.3 Å². The van der Waals surface area contributed by atoms with Crippen LogP contribution in [0.15, 0.2) is 30.6 Å². The van der Waals surface area contributed by atoms with E-state index < -0.39 is 10.1 Å². The van der Waals surface area contributed by atoms with Crippen LogP contribution in [0.25, 0.3) is 0 Å². The lowest BCUT2D eigenvalue weighted by molar-refractivity contribution is -0.634. The minimum Gasteiger partial charge on any atom is -0.707 e. The summed E-state index contributed by atoms with van der Waals surface area (Å²) >= 11 is 12.7. The Morgan fingerprint density at radius 1 is 1.11 bits per heavy atom. The van der Waals surface area contributed by atoms with Gasteiger partial charge >= 0.3 is 0 Å². The number of nitrogens with zero attached hydrogens (tertiary/aromatic N) is 4. The molecule has 0 unspecified atom stereocenters. The number of halogens is 7. The van der Waals surface area contributed by atoms with Gasteiger partial charge in [0.1, 0.15) is 5.69 Å². The van der Waals surface area contributed by atoms with Crippen molar-refractivity contribution in [1.82, 2.24) is 9.80 Å². The highest BCUT2D eigenvalue weighted by Crippen LogP contribution is 2.29. The van der Waals surface area contributed by atoms with Crippen molar-refractivity contribution in [3.8, 4) is 0 Å². The number of nitro benzene ring substituents is 1. The number of nitro groups is 1. The number of anilines is 2. The molecule has 0 aromatic heterocycles. The molecule has 11 nitrogen and oxygen atoms in total. The Kier molecular flexibility index (Phi) is 37.7. The van der Waals surface area contributed by atoms with Gasteiger partial charge < -0.3 is 29.6 Å². The van der Waals surface area contributed by atoms with Gasteiger partial charge in [0.05, 0.1) is 17.8 Å². The summed E-state index contributed by atoms with van der Waals surface area (Å²) in [5.41, 5.74) is 1.62. The van der Waals surface area contributed by atoms with E-state index in [1.54, 1.807) is 6.07 Å². The SMILES string of the molecule is CCN(CC)c1ccc(NCCCN2C=CN(C)C2)c([N+](=O)[O-])c1.CS(=O)(=O)O[O-].I.II.II.II. The topological polar surface area (TPSA) is 131 Å². The van der Waals surface area contributed by atoms with E-state index in [9.17, 15) is 18.5 Å². The molecule has 1 aliphatic heterocycles. The van der Waals surface area contributed by atoms with E-state index in [-0.39, 0.29) is 34.6 Å². The Hall–Kier alpha value is 2.54. The van der Waals surface area contributed by atoms with Crippen LogP contribution in [0.4, 0.5) is 17.1 Å². The van der Waals surface area contributed by atoms with E-state index in [1.165, 1.54) is 0 Å². The molecular formula is C18H31I7N5O6S-. The normalized spacial score (nSPS) is 11.1. The Labute approximate surface area is 307 Å². The molecule has 0 radical (unpaired) electrons. The molecule has 1 aromatic carbocycles. The van der Waals surface area contributed by atoms with E-state index in [0.717, 1.165) is 38.4 Å². The zero-order valence-corrected chi connectivity index (χ0v) is 36.5. The van der Waals surface area contributed by atoms with Gasteiger partial charge in [-0.25, -0.2) is 8.42 Å². The highest BCUT2D eigenvalue weighted by Gasteiger charge is 2.16. The van der Waals surface area contributed by atoms with Gasteiger partial charge in [0.25, 0.3) is 15.8 Å². The summed E-state index contributed by atoms with van der Waals surface area (Å²) < 4.78 is 21.6. The number of nitrogens with one attached hydrogen (secondary N) is 1. The first-order valence-electron chi connectivity index (χ1n) is 9.95. The average Bonchev–Trinajstić information content (AvgIpc) is 3.31. The van der Waals surface area contributed by atoms with E-state index >= 15 is 0 Å². The fraction of sp³-hybridized carbons (Fsp3) is 0.556. The minimum atomic E-state index is -3.72. The van der Waals surface area contributed by atoms with Crippen LogP contribution in [0.3, 0.4) is 0 Å². The number of benzene rings is 1. The van der Waals surface area contributed by atoms with Crippen LogP contribution in [0.2, 0.25) is 0 Å². The first-order valence-corrected chi connectivity index (χ1v) is 30.6. The standard InChI is InChI=1S/C17H27N5O2.CH4O4S.3I2.HI/c1-4-21(5-2)15-7-8-16(17(13-15)22(23)24)18-9-6-10-20-12-11-19(3)14-20;1-6(3,4)5-2;3*1-2;/h7-8,11-13,18H,4-6,9-10,14H2,1-3H3;2H,1H3;;;;1H/p-1. The van der Waals surface area contributed by atoms with E-state index in [1.807, 2.05) is 39.2 Å². The maximum atomic E-state index is 11.4. The van der Waals surface area contributed by atoms with Gasteiger partial charge in [0.15, 0.2) is 0 Å². The maximum absolute atomic E-state index is 11.4. The first kappa shape index (κ1) is 46.5. The summed E-state index contributed by atoms with van der Waals surface area (Å²) in [6.45, 7) is 8.30. The maximum Gasteiger partial charge on any atom is 0.294 e. The fourth-order valence-electron chi connectivity index (χ4n) is 2.85. The second-order valence-corrected chi connectivity index (χ2v) is 8.24. The van der Waals surface area contributed by atoms with Crippen molar-refractivity contribution in [1.29, 1.82) is 0 Å². The molecule has 1 heterocycles. The summed E-state index contributed by atoms with van der Waals surface area (Å²) in [5, 5.41) is 23.4. The number of rotatable bonds is 10. The molecule has 0 bridgehead atoms. The van der Waals surface area contributed by atoms with Crippen molar-refractivity contribution in [3.63, 3.8) is 0 Å². The Bertz CT molecular complexity index is 839. The molecule has 0 aliphatic carbocycles. The lowest BCUT2D eigenvalue weighted by Gasteiger charge is -2.21. The molecule has 1 aromatic rings. The first-order chi connectivity index (χ1) is 17.1. The molecule has 0 fully saturated rings. The third kappa shape index (κ3) is 23.8. The predicted molar refractivity (Wildman–Crippen MR) is 214 cm³/mol. The molecule has 0 saturated heterocycles. The molecule has 0 amide bonds. The average molecular weight is 1330 g/mol. The quantitative estimate of drug-likeness (QED) is 0.0853. The predicted octanol–water partition coefficient (Wildman–Crippen LogP) is 7.09. The van der Waals surface area contributed by atoms with Crippen LogP contribution in [-0.4, -0.2) is 69.3 Å². The zero-order valence-electron chi connectivity index (χ0n) is 20.5. The van der Waals surface area contributed by atoms with Crippen molar-refractivity contribution in [2.24, 2.45) is 0 Å². The third-order valence-corrected chi connectivity index (χ3v) is 4.55. The van der Waals surface area contributed by atoms with Gasteiger partial charge in [-0.3, -0.25) is 10.1 Å². The summed E-state index contributed by atoms with van der Waals surface area (Å²) in [5.74, 6) is 0. The Morgan fingerprint density at radius 2 is 1.62 bits per heavy atom. The van der Waals surface area contributed by atoms with E-state index in [4.69, 9.17) is 5.26 Å². The number of hydrogen-bond acceptors (Lipinski definition) is 10. The van der Waals surface area contributed by atoms with Crippen LogP contribution >= 0.6 is 136 Å². The van der Waals surface area contributed by atoms with Gasteiger partial charge in [-0.05, 0) is 32.4 Å². The van der Waals surface area contributed by atoms with Gasteiger partial charge in [-0.1, -0.05) is 0 Å². The van der Waals surface area contributed by atoms with Gasteiger partial charge in [0.2, 0.25) is 0 Å². The fourth-order valence-corrected chi connectivity index (χ4v) is 2.85. The summed E-state index contributed by atoms with van der Waals surface area (Å²) in [6, 6.07) is 5.42. The lowest BCUT2D eigenvalue weighted by atomic mass is 10.2.